The number of hydrogen-bond donors (Lipinski definition) is 0. The van der Waals surface area contributed by atoms with E-state index in [2.05, 4.69) is 11.1 Å². The Labute approximate surface area is 151 Å². The van der Waals surface area contributed by atoms with Crippen LogP contribution < -0.4 is 9.47 Å². The van der Waals surface area contributed by atoms with Crippen molar-refractivity contribution in [3.63, 3.8) is 0 Å². The van der Waals surface area contributed by atoms with E-state index in [1.807, 2.05) is 44.2 Å². The van der Waals surface area contributed by atoms with Gasteiger partial charge in [-0.05, 0) is 74.1 Å². The van der Waals surface area contributed by atoms with Crippen LogP contribution in [-0.2, 0) is 0 Å². The highest BCUT2D eigenvalue weighted by molar-refractivity contribution is 6.68. The van der Waals surface area contributed by atoms with Crippen molar-refractivity contribution in [3.05, 3.63) is 53.4 Å². The summed E-state index contributed by atoms with van der Waals surface area (Å²) in [5.41, 5.74) is 1.49. The fourth-order valence-corrected chi connectivity index (χ4v) is 3.11. The highest BCUT2D eigenvalue weighted by atomic mass is 35.5. The van der Waals surface area contributed by atoms with Gasteiger partial charge in [-0.1, -0.05) is 12.1 Å². The molecule has 0 amide bonds. The number of carbonyl (C=O) groups excluding carboxylic acids is 1. The van der Waals surface area contributed by atoms with Gasteiger partial charge in [-0.2, -0.15) is 0 Å². The molecule has 4 rings (SSSR count). The molecule has 4 nitrogen and oxygen atoms in total. The van der Waals surface area contributed by atoms with Crippen molar-refractivity contribution in [1.29, 1.82) is 0 Å². The Morgan fingerprint density at radius 1 is 1.36 bits per heavy atom. The summed E-state index contributed by atoms with van der Waals surface area (Å²) in [5.74, 6) is 1.95. The molecule has 2 heterocycles. The number of rotatable bonds is 4. The topological polar surface area (TPSA) is 48.4 Å². The van der Waals surface area contributed by atoms with Crippen LogP contribution in [0.3, 0.4) is 0 Å². The maximum absolute atomic E-state index is 12.1. The molecule has 25 heavy (non-hydrogen) atoms. The number of aromatic nitrogens is 1. The first-order valence-corrected chi connectivity index (χ1v) is 8.70. The first-order chi connectivity index (χ1) is 11.9. The third kappa shape index (κ3) is 3.27. The molecule has 2 aliphatic rings. The molecule has 0 saturated heterocycles. The van der Waals surface area contributed by atoms with Gasteiger partial charge in [0.2, 0.25) is 0 Å². The number of benzene rings is 1. The smallest absolute Gasteiger partial charge is 0.260 e. The Bertz CT molecular complexity index is 885. The van der Waals surface area contributed by atoms with Gasteiger partial charge in [-0.3, -0.25) is 4.79 Å². The van der Waals surface area contributed by atoms with Crippen LogP contribution in [0.2, 0.25) is 0 Å². The summed E-state index contributed by atoms with van der Waals surface area (Å²) in [6.45, 7) is 3.81. The molecular formula is C20H18ClNO3. The molecule has 1 aromatic heterocycles. The third-order valence-electron chi connectivity index (χ3n) is 4.37. The van der Waals surface area contributed by atoms with Crippen molar-refractivity contribution < 1.29 is 14.3 Å². The summed E-state index contributed by atoms with van der Waals surface area (Å²) in [5, 5.41) is -0.627. The Balaban J connectivity index is 1.74. The normalized spacial score (nSPS) is 17.6. The number of halogens is 1. The van der Waals surface area contributed by atoms with Crippen LogP contribution in [0.15, 0.2) is 36.5 Å². The minimum atomic E-state index is -0.627. The number of pyridine rings is 1. The SMILES string of the molecule is CC1(C)C=Cc2ncc(Oc3cccc(C4CC4)c3)c(C(=O)Cl)c2O1. The van der Waals surface area contributed by atoms with E-state index >= 15 is 0 Å². The monoisotopic (exact) mass is 355 g/mol. The van der Waals surface area contributed by atoms with Crippen LogP contribution in [0.4, 0.5) is 0 Å². The summed E-state index contributed by atoms with van der Waals surface area (Å²) in [4.78, 5) is 16.4. The zero-order chi connectivity index (χ0) is 17.6. The van der Waals surface area contributed by atoms with Crippen molar-refractivity contribution in [1.82, 2.24) is 4.98 Å². The van der Waals surface area contributed by atoms with Crippen LogP contribution in [-0.4, -0.2) is 15.8 Å². The minimum Gasteiger partial charge on any atom is -0.481 e. The van der Waals surface area contributed by atoms with Crippen molar-refractivity contribution in [2.24, 2.45) is 0 Å². The van der Waals surface area contributed by atoms with Crippen LogP contribution >= 0.6 is 11.6 Å². The Hall–Kier alpha value is -2.33. The van der Waals surface area contributed by atoms with E-state index < -0.39 is 10.8 Å². The number of nitrogens with zero attached hydrogens (tertiary/aromatic N) is 1. The van der Waals surface area contributed by atoms with Crippen molar-refractivity contribution in [2.45, 2.75) is 38.2 Å². The van der Waals surface area contributed by atoms with E-state index in [1.54, 1.807) is 0 Å². The van der Waals surface area contributed by atoms with Gasteiger partial charge in [0.1, 0.15) is 22.6 Å². The summed E-state index contributed by atoms with van der Waals surface area (Å²) in [6.07, 6.45) is 7.67. The molecule has 0 spiro atoms. The lowest BCUT2D eigenvalue weighted by Crippen LogP contribution is -2.29. The van der Waals surface area contributed by atoms with Gasteiger partial charge < -0.3 is 9.47 Å². The minimum absolute atomic E-state index is 0.209. The van der Waals surface area contributed by atoms with Gasteiger partial charge in [0, 0.05) is 0 Å². The zero-order valence-electron chi connectivity index (χ0n) is 14.1. The molecule has 0 bridgehead atoms. The predicted octanol–water partition coefficient (Wildman–Crippen LogP) is 5.31. The largest absolute Gasteiger partial charge is 0.481 e. The molecule has 0 atom stereocenters. The molecule has 2 aromatic rings. The second-order valence-corrected chi connectivity index (χ2v) is 7.32. The highest BCUT2D eigenvalue weighted by Gasteiger charge is 2.30. The van der Waals surface area contributed by atoms with Gasteiger partial charge in [0.05, 0.1) is 6.20 Å². The van der Waals surface area contributed by atoms with Crippen LogP contribution in [0, 0.1) is 0 Å². The number of fused-ring (bicyclic) bond motifs is 1. The fraction of sp³-hybridized carbons (Fsp3) is 0.300. The van der Waals surface area contributed by atoms with Crippen molar-refractivity contribution >= 4 is 22.9 Å². The van der Waals surface area contributed by atoms with Gasteiger partial charge >= 0.3 is 0 Å². The average Bonchev–Trinajstić information content (AvgIpc) is 3.38. The molecule has 1 aliphatic carbocycles. The Morgan fingerprint density at radius 3 is 2.88 bits per heavy atom. The molecular weight excluding hydrogens is 338 g/mol. The Morgan fingerprint density at radius 2 is 2.16 bits per heavy atom. The lowest BCUT2D eigenvalue weighted by Gasteiger charge is -2.28. The van der Waals surface area contributed by atoms with Crippen LogP contribution in [0.25, 0.3) is 6.08 Å². The molecule has 0 unspecified atom stereocenters. The van der Waals surface area contributed by atoms with Crippen molar-refractivity contribution in [2.75, 3.05) is 0 Å². The molecule has 1 fully saturated rings. The number of carbonyl (C=O) groups is 1. The fourth-order valence-electron chi connectivity index (χ4n) is 2.93. The van der Waals surface area contributed by atoms with E-state index in [9.17, 15) is 4.79 Å². The second-order valence-electron chi connectivity index (χ2n) is 6.97. The van der Waals surface area contributed by atoms with Crippen molar-refractivity contribution in [3.8, 4) is 17.2 Å². The maximum atomic E-state index is 12.1. The highest BCUT2D eigenvalue weighted by Crippen LogP contribution is 2.43. The van der Waals surface area contributed by atoms with Gasteiger partial charge in [0.25, 0.3) is 5.24 Å². The van der Waals surface area contributed by atoms with Gasteiger partial charge in [0.15, 0.2) is 11.5 Å². The summed E-state index contributed by atoms with van der Waals surface area (Å²) in [7, 11) is 0. The predicted molar refractivity (Wildman–Crippen MR) is 96.7 cm³/mol. The van der Waals surface area contributed by atoms with Gasteiger partial charge in [-0.25, -0.2) is 4.98 Å². The van der Waals surface area contributed by atoms with Gasteiger partial charge in [-0.15, -0.1) is 0 Å². The van der Waals surface area contributed by atoms with E-state index in [-0.39, 0.29) is 5.56 Å². The summed E-state index contributed by atoms with van der Waals surface area (Å²) in [6, 6.07) is 7.92. The molecule has 0 N–H and O–H groups in total. The van der Waals surface area contributed by atoms with E-state index in [0.29, 0.717) is 28.9 Å². The first kappa shape index (κ1) is 16.2. The lowest BCUT2D eigenvalue weighted by atomic mass is 10.0. The number of ether oxygens (including phenoxy) is 2. The number of hydrogen-bond acceptors (Lipinski definition) is 4. The molecule has 0 radical (unpaired) electrons. The lowest BCUT2D eigenvalue weighted by molar-refractivity contribution is 0.106. The molecule has 1 aliphatic heterocycles. The summed E-state index contributed by atoms with van der Waals surface area (Å²) >= 11 is 5.85. The average molecular weight is 356 g/mol. The maximum Gasteiger partial charge on any atom is 0.260 e. The van der Waals surface area contributed by atoms with E-state index in [1.165, 1.54) is 24.6 Å². The second kappa shape index (κ2) is 5.88. The molecule has 1 saturated carbocycles. The van der Waals surface area contributed by atoms with Crippen LogP contribution in [0.5, 0.6) is 17.2 Å². The quantitative estimate of drug-likeness (QED) is 0.697. The molecule has 5 heteroatoms. The molecule has 128 valence electrons. The third-order valence-corrected chi connectivity index (χ3v) is 4.55. The standard InChI is InChI=1S/C20H18ClNO3/c1-20(2)9-8-15-18(25-20)17(19(21)23)16(11-22-15)24-14-5-3-4-13(10-14)12-6-7-12/h3-5,8-12H,6-7H2,1-2H3. The Kier molecular flexibility index (Phi) is 3.80. The van der Waals surface area contributed by atoms with Crippen LogP contribution in [0.1, 0.15) is 54.2 Å². The summed E-state index contributed by atoms with van der Waals surface area (Å²) < 4.78 is 11.9. The van der Waals surface area contributed by atoms with E-state index in [4.69, 9.17) is 21.1 Å². The molecule has 1 aromatic carbocycles. The zero-order valence-corrected chi connectivity index (χ0v) is 14.8. The van der Waals surface area contributed by atoms with E-state index in [0.717, 1.165) is 0 Å². The first-order valence-electron chi connectivity index (χ1n) is 8.32.